The summed E-state index contributed by atoms with van der Waals surface area (Å²) in [6.07, 6.45) is 4.18. The molecule has 1 amide bonds. The molecule has 1 heterocycles. The van der Waals surface area contributed by atoms with Crippen molar-refractivity contribution in [1.29, 1.82) is 0 Å². The van der Waals surface area contributed by atoms with Crippen molar-refractivity contribution in [3.8, 4) is 0 Å². The summed E-state index contributed by atoms with van der Waals surface area (Å²) in [5.41, 5.74) is 0.443. The highest BCUT2D eigenvalue weighted by molar-refractivity contribution is 9.10. The van der Waals surface area contributed by atoms with Crippen molar-refractivity contribution in [1.82, 2.24) is 15.2 Å². The second kappa shape index (κ2) is 5.80. The molecular weight excluding hydrogens is 294 g/mol. The van der Waals surface area contributed by atoms with Gasteiger partial charge in [0.1, 0.15) is 5.69 Å². The zero-order valence-electron chi connectivity index (χ0n) is 10.7. The highest BCUT2D eigenvalue weighted by atomic mass is 79.9. The minimum atomic E-state index is -0.126. The molecule has 1 aromatic rings. The maximum Gasteiger partial charge on any atom is 0.271 e. The zero-order valence-corrected chi connectivity index (χ0v) is 12.3. The van der Waals surface area contributed by atoms with E-state index >= 15 is 0 Å². The first-order chi connectivity index (χ1) is 8.59. The molecule has 5 heteroatoms. The Morgan fingerprint density at radius 3 is 3.00 bits per heavy atom. The summed E-state index contributed by atoms with van der Waals surface area (Å²) < 4.78 is 0.728. The molecule has 4 nitrogen and oxygen atoms in total. The lowest BCUT2D eigenvalue weighted by Gasteiger charge is -2.24. The van der Waals surface area contributed by atoms with Crippen molar-refractivity contribution < 1.29 is 4.79 Å². The first-order valence-corrected chi connectivity index (χ1v) is 6.99. The van der Waals surface area contributed by atoms with Crippen molar-refractivity contribution in [3.05, 3.63) is 28.5 Å². The standard InChI is InChI=1S/C13H18BrN3O/c1-9(17(2)10-5-6-10)8-16-13(18)12-11(14)4-3-7-15-12/h3-4,7,9-10H,5-6,8H2,1-2H3,(H,16,18). The molecule has 0 saturated heterocycles. The van der Waals surface area contributed by atoms with Crippen LogP contribution in [0.25, 0.3) is 0 Å². The van der Waals surface area contributed by atoms with E-state index in [0.29, 0.717) is 24.3 Å². The number of aromatic nitrogens is 1. The van der Waals surface area contributed by atoms with Crippen molar-refractivity contribution in [2.24, 2.45) is 0 Å². The fourth-order valence-electron chi connectivity index (χ4n) is 1.86. The largest absolute Gasteiger partial charge is 0.349 e. The molecule has 18 heavy (non-hydrogen) atoms. The van der Waals surface area contributed by atoms with Gasteiger partial charge in [-0.2, -0.15) is 0 Å². The number of hydrogen-bond acceptors (Lipinski definition) is 3. The Hall–Kier alpha value is -0.940. The molecule has 1 fully saturated rings. The minimum Gasteiger partial charge on any atom is -0.349 e. The van der Waals surface area contributed by atoms with Gasteiger partial charge in [-0.1, -0.05) is 0 Å². The van der Waals surface area contributed by atoms with E-state index in [0.717, 1.165) is 4.47 Å². The van der Waals surface area contributed by atoms with E-state index in [4.69, 9.17) is 0 Å². The Bertz CT molecular complexity index is 434. The van der Waals surface area contributed by atoms with Crippen molar-refractivity contribution in [2.75, 3.05) is 13.6 Å². The van der Waals surface area contributed by atoms with Gasteiger partial charge < -0.3 is 5.32 Å². The highest BCUT2D eigenvalue weighted by Gasteiger charge is 2.29. The van der Waals surface area contributed by atoms with Gasteiger partial charge in [-0.15, -0.1) is 0 Å². The lowest BCUT2D eigenvalue weighted by atomic mass is 10.2. The quantitative estimate of drug-likeness (QED) is 0.905. The number of amides is 1. The van der Waals surface area contributed by atoms with E-state index in [1.807, 2.05) is 6.07 Å². The summed E-state index contributed by atoms with van der Waals surface area (Å²) in [5, 5.41) is 2.93. The lowest BCUT2D eigenvalue weighted by Crippen LogP contribution is -2.41. The summed E-state index contributed by atoms with van der Waals surface area (Å²) in [4.78, 5) is 18.4. The zero-order chi connectivity index (χ0) is 13.1. The lowest BCUT2D eigenvalue weighted by molar-refractivity contribution is 0.0933. The normalized spacial score (nSPS) is 16.7. The van der Waals surface area contributed by atoms with E-state index in [2.05, 4.69) is 45.1 Å². The first-order valence-electron chi connectivity index (χ1n) is 6.20. The number of carbonyl (C=O) groups is 1. The number of hydrogen-bond donors (Lipinski definition) is 1. The summed E-state index contributed by atoms with van der Waals surface area (Å²) in [7, 11) is 2.12. The van der Waals surface area contributed by atoms with Crippen LogP contribution in [0, 0.1) is 0 Å². The molecule has 1 saturated carbocycles. The fourth-order valence-corrected chi connectivity index (χ4v) is 2.30. The van der Waals surface area contributed by atoms with Gasteiger partial charge >= 0.3 is 0 Å². The minimum absolute atomic E-state index is 0.126. The number of likely N-dealkylation sites (N-methyl/N-ethyl adjacent to an activating group) is 1. The summed E-state index contributed by atoms with van der Waals surface area (Å²) in [5.74, 6) is -0.126. The Morgan fingerprint density at radius 1 is 1.67 bits per heavy atom. The Labute approximate surface area is 116 Å². The molecule has 1 aliphatic carbocycles. The van der Waals surface area contributed by atoms with E-state index in [1.165, 1.54) is 12.8 Å². The molecule has 1 atom stereocenters. The molecule has 0 radical (unpaired) electrons. The van der Waals surface area contributed by atoms with Gasteiger partial charge in [0, 0.05) is 29.3 Å². The number of rotatable bonds is 5. The van der Waals surface area contributed by atoms with E-state index in [9.17, 15) is 4.79 Å². The van der Waals surface area contributed by atoms with Crippen LogP contribution >= 0.6 is 15.9 Å². The van der Waals surface area contributed by atoms with E-state index in [-0.39, 0.29) is 5.91 Å². The Kier molecular flexibility index (Phi) is 4.35. The highest BCUT2D eigenvalue weighted by Crippen LogP contribution is 2.26. The molecular formula is C13H18BrN3O. The van der Waals surface area contributed by atoms with Crippen LogP contribution in [0.2, 0.25) is 0 Å². The predicted octanol–water partition coefficient (Wildman–Crippen LogP) is 2.06. The molecule has 1 aromatic heterocycles. The van der Waals surface area contributed by atoms with Gasteiger partial charge in [-0.3, -0.25) is 9.69 Å². The summed E-state index contributed by atoms with van der Waals surface area (Å²) in [6.45, 7) is 2.78. The van der Waals surface area contributed by atoms with Crippen LogP contribution in [0.3, 0.4) is 0 Å². The summed E-state index contributed by atoms with van der Waals surface area (Å²) >= 11 is 3.33. The third-order valence-electron chi connectivity index (χ3n) is 3.35. The Morgan fingerprint density at radius 2 is 2.39 bits per heavy atom. The van der Waals surface area contributed by atoms with E-state index in [1.54, 1.807) is 12.3 Å². The summed E-state index contributed by atoms with van der Waals surface area (Å²) in [6, 6.07) is 4.67. The van der Waals surface area contributed by atoms with Crippen molar-refractivity contribution in [2.45, 2.75) is 31.8 Å². The smallest absolute Gasteiger partial charge is 0.271 e. The fraction of sp³-hybridized carbons (Fsp3) is 0.538. The van der Waals surface area contributed by atoms with Gasteiger partial charge in [0.25, 0.3) is 5.91 Å². The van der Waals surface area contributed by atoms with Crippen LogP contribution in [-0.2, 0) is 0 Å². The van der Waals surface area contributed by atoms with Crippen LogP contribution in [0.15, 0.2) is 22.8 Å². The Balaban J connectivity index is 1.86. The molecule has 2 rings (SSSR count). The topological polar surface area (TPSA) is 45.2 Å². The average Bonchev–Trinajstić information content (AvgIpc) is 3.19. The molecule has 1 N–H and O–H groups in total. The average molecular weight is 312 g/mol. The first kappa shape index (κ1) is 13.5. The van der Waals surface area contributed by atoms with Crippen molar-refractivity contribution in [3.63, 3.8) is 0 Å². The van der Waals surface area contributed by atoms with Crippen LogP contribution in [0.4, 0.5) is 0 Å². The molecule has 0 bridgehead atoms. The second-order valence-corrected chi connectivity index (χ2v) is 5.64. The van der Waals surface area contributed by atoms with Gasteiger partial charge in [-0.25, -0.2) is 4.98 Å². The van der Waals surface area contributed by atoms with E-state index < -0.39 is 0 Å². The van der Waals surface area contributed by atoms with Crippen LogP contribution in [-0.4, -0.2) is 41.5 Å². The third-order valence-corrected chi connectivity index (χ3v) is 3.99. The monoisotopic (exact) mass is 311 g/mol. The molecule has 98 valence electrons. The number of nitrogens with zero attached hydrogens (tertiary/aromatic N) is 2. The van der Waals surface area contributed by atoms with Crippen LogP contribution < -0.4 is 5.32 Å². The molecule has 1 aliphatic rings. The third kappa shape index (κ3) is 3.29. The number of pyridine rings is 1. The molecule has 0 aliphatic heterocycles. The number of halogens is 1. The number of nitrogens with one attached hydrogen (secondary N) is 1. The predicted molar refractivity (Wildman–Crippen MR) is 74.5 cm³/mol. The molecule has 1 unspecified atom stereocenters. The van der Waals surface area contributed by atoms with Gasteiger partial charge in [0.15, 0.2) is 0 Å². The van der Waals surface area contributed by atoms with Gasteiger partial charge in [-0.05, 0) is 54.9 Å². The molecule has 0 spiro atoms. The number of carbonyl (C=O) groups excluding carboxylic acids is 1. The SMILES string of the molecule is CC(CNC(=O)c1ncccc1Br)N(C)C1CC1. The maximum atomic E-state index is 12.0. The molecule has 0 aromatic carbocycles. The van der Waals surface area contributed by atoms with Crippen molar-refractivity contribution >= 4 is 21.8 Å². The van der Waals surface area contributed by atoms with Crippen LogP contribution in [0.5, 0.6) is 0 Å². The van der Waals surface area contributed by atoms with Gasteiger partial charge in [0.05, 0.1) is 0 Å². The second-order valence-electron chi connectivity index (χ2n) is 4.79. The maximum absolute atomic E-state index is 12.0. The van der Waals surface area contributed by atoms with Crippen LogP contribution in [0.1, 0.15) is 30.3 Å². The van der Waals surface area contributed by atoms with Gasteiger partial charge in [0.2, 0.25) is 0 Å².